The van der Waals surface area contributed by atoms with E-state index in [9.17, 15) is 0 Å². The first-order valence-corrected chi connectivity index (χ1v) is 7.01. The van der Waals surface area contributed by atoms with Gasteiger partial charge in [0.25, 0.3) is 0 Å². The Hall–Kier alpha value is -0.880. The molecule has 0 saturated carbocycles. The van der Waals surface area contributed by atoms with Crippen molar-refractivity contribution in [3.63, 3.8) is 0 Å². The first-order valence-electron chi connectivity index (χ1n) is 5.05. The number of hydrogen-bond donors (Lipinski definition) is 1. The molecule has 0 fully saturated rings. The molecule has 0 aliphatic heterocycles. The first-order chi connectivity index (χ1) is 8.97. The molecule has 0 radical (unpaired) electrons. The summed E-state index contributed by atoms with van der Waals surface area (Å²) < 4.78 is 6.34. The van der Waals surface area contributed by atoms with E-state index >= 15 is 0 Å². The van der Waals surface area contributed by atoms with Crippen LogP contribution in [-0.4, -0.2) is 9.97 Å². The van der Waals surface area contributed by atoms with Crippen molar-refractivity contribution in [2.24, 2.45) is 5.73 Å². The lowest BCUT2D eigenvalue weighted by molar-refractivity contribution is 0.482. The van der Waals surface area contributed by atoms with Crippen molar-refractivity contribution in [1.82, 2.24) is 4.98 Å². The third kappa shape index (κ3) is 3.57. The highest BCUT2D eigenvalue weighted by atomic mass is 79.9. The van der Waals surface area contributed by atoms with Gasteiger partial charge >= 0.3 is 0 Å². The summed E-state index contributed by atoms with van der Waals surface area (Å²) in [6.45, 7) is 0. The Kier molecular flexibility index (Phi) is 4.62. The maximum atomic E-state index is 6.07. The summed E-state index contributed by atoms with van der Waals surface area (Å²) in [4.78, 5) is 4.22. The highest BCUT2D eigenvalue weighted by Gasteiger charge is 2.09. The third-order valence-electron chi connectivity index (χ3n) is 2.19. The second-order valence-electron chi connectivity index (χ2n) is 3.54. The van der Waals surface area contributed by atoms with E-state index in [4.69, 9.17) is 45.9 Å². The number of halogens is 3. The van der Waals surface area contributed by atoms with Gasteiger partial charge in [0.05, 0.1) is 10.0 Å². The van der Waals surface area contributed by atoms with Gasteiger partial charge in [-0.15, -0.1) is 0 Å². The molecule has 0 bridgehead atoms. The molecule has 19 heavy (non-hydrogen) atoms. The monoisotopic (exact) mass is 376 g/mol. The maximum absolute atomic E-state index is 6.07. The number of ether oxygens (including phenoxy) is 1. The topological polar surface area (TPSA) is 48.1 Å². The largest absolute Gasteiger partial charge is 0.456 e. The van der Waals surface area contributed by atoms with Crippen molar-refractivity contribution in [1.29, 1.82) is 0 Å². The van der Waals surface area contributed by atoms with E-state index in [1.807, 2.05) is 0 Å². The van der Waals surface area contributed by atoms with Gasteiger partial charge in [0.1, 0.15) is 22.2 Å². The van der Waals surface area contributed by atoms with E-state index in [1.54, 1.807) is 30.5 Å². The molecule has 0 spiro atoms. The minimum absolute atomic E-state index is 0.199. The number of rotatable bonds is 3. The fraction of sp³-hybridized carbons (Fsp3) is 0. The van der Waals surface area contributed by atoms with Gasteiger partial charge in [0, 0.05) is 22.8 Å². The predicted octanol–water partition coefficient (Wildman–Crippen LogP) is 4.58. The van der Waals surface area contributed by atoms with Crippen LogP contribution in [0.3, 0.4) is 0 Å². The van der Waals surface area contributed by atoms with Crippen LogP contribution in [0.15, 0.2) is 34.9 Å². The summed E-state index contributed by atoms with van der Waals surface area (Å²) >= 11 is 20.2. The van der Waals surface area contributed by atoms with Crippen molar-refractivity contribution >= 4 is 56.3 Å². The summed E-state index contributed by atoms with van der Waals surface area (Å²) in [6, 6.07) is 6.59. The lowest BCUT2D eigenvalue weighted by Crippen LogP contribution is -2.11. The predicted molar refractivity (Wildman–Crippen MR) is 84.4 cm³/mol. The molecule has 1 aromatic heterocycles. The van der Waals surface area contributed by atoms with Crippen LogP contribution in [-0.2, 0) is 0 Å². The van der Waals surface area contributed by atoms with Crippen LogP contribution in [0.4, 0.5) is 0 Å². The van der Waals surface area contributed by atoms with Crippen LogP contribution in [0.25, 0.3) is 0 Å². The SMILES string of the molecule is NC(=S)c1cc(Oc2cc(Cl)c(Br)cc2Cl)ccn1. The smallest absolute Gasteiger partial charge is 0.147 e. The zero-order valence-electron chi connectivity index (χ0n) is 9.36. The Morgan fingerprint density at radius 3 is 2.68 bits per heavy atom. The van der Waals surface area contributed by atoms with E-state index in [-0.39, 0.29) is 4.99 Å². The lowest BCUT2D eigenvalue weighted by atomic mass is 10.3. The van der Waals surface area contributed by atoms with E-state index in [0.717, 1.165) is 0 Å². The van der Waals surface area contributed by atoms with Gasteiger partial charge in [-0.2, -0.15) is 0 Å². The lowest BCUT2D eigenvalue weighted by Gasteiger charge is -2.09. The van der Waals surface area contributed by atoms with E-state index < -0.39 is 0 Å². The molecule has 0 saturated heterocycles. The van der Waals surface area contributed by atoms with E-state index in [1.165, 1.54) is 0 Å². The minimum atomic E-state index is 0.199. The Labute approximate surface area is 133 Å². The third-order valence-corrected chi connectivity index (χ3v) is 3.89. The number of nitrogens with two attached hydrogens (primary N) is 1. The molecule has 1 heterocycles. The molecule has 0 unspecified atom stereocenters. The van der Waals surface area contributed by atoms with Gasteiger partial charge in [0.15, 0.2) is 0 Å². The Morgan fingerprint density at radius 1 is 1.26 bits per heavy atom. The second kappa shape index (κ2) is 6.05. The number of pyridine rings is 1. The van der Waals surface area contributed by atoms with Gasteiger partial charge in [-0.05, 0) is 28.1 Å². The van der Waals surface area contributed by atoms with Crippen molar-refractivity contribution in [3.8, 4) is 11.5 Å². The zero-order chi connectivity index (χ0) is 14.0. The fourth-order valence-electron chi connectivity index (χ4n) is 1.32. The van der Waals surface area contributed by atoms with Crippen LogP contribution < -0.4 is 10.5 Å². The van der Waals surface area contributed by atoms with Crippen LogP contribution in [0.2, 0.25) is 10.0 Å². The van der Waals surface area contributed by atoms with E-state index in [2.05, 4.69) is 20.9 Å². The van der Waals surface area contributed by atoms with Crippen molar-refractivity contribution in [2.45, 2.75) is 0 Å². The highest BCUT2D eigenvalue weighted by Crippen LogP contribution is 2.36. The van der Waals surface area contributed by atoms with Gasteiger partial charge in [-0.3, -0.25) is 4.98 Å². The molecule has 3 nitrogen and oxygen atoms in total. The normalized spacial score (nSPS) is 10.3. The summed E-state index contributed by atoms with van der Waals surface area (Å²) in [5.41, 5.74) is 5.99. The van der Waals surface area contributed by atoms with Gasteiger partial charge in [-0.25, -0.2) is 0 Å². The summed E-state index contributed by atoms with van der Waals surface area (Å²) in [7, 11) is 0. The molecule has 98 valence electrons. The molecule has 2 rings (SSSR count). The molecular weight excluding hydrogens is 371 g/mol. The summed E-state index contributed by atoms with van der Waals surface area (Å²) in [5, 5.41) is 0.938. The molecule has 0 aliphatic carbocycles. The Balaban J connectivity index is 2.33. The average molecular weight is 378 g/mol. The molecular formula is C12H7BrCl2N2OS. The summed E-state index contributed by atoms with van der Waals surface area (Å²) in [5.74, 6) is 0.966. The number of aromatic nitrogens is 1. The van der Waals surface area contributed by atoms with E-state index in [0.29, 0.717) is 31.7 Å². The van der Waals surface area contributed by atoms with Crippen molar-refractivity contribution < 1.29 is 4.74 Å². The van der Waals surface area contributed by atoms with Crippen LogP contribution >= 0.6 is 51.3 Å². The van der Waals surface area contributed by atoms with Crippen LogP contribution in [0, 0.1) is 0 Å². The number of thiocarbonyl (C=S) groups is 1. The molecule has 0 atom stereocenters. The minimum Gasteiger partial charge on any atom is -0.456 e. The number of hydrogen-bond acceptors (Lipinski definition) is 3. The van der Waals surface area contributed by atoms with Crippen LogP contribution in [0.5, 0.6) is 11.5 Å². The fourth-order valence-corrected chi connectivity index (χ4v) is 2.26. The first kappa shape index (κ1) is 14.5. The molecule has 2 aromatic rings. The number of nitrogens with zero attached hydrogens (tertiary/aromatic N) is 1. The van der Waals surface area contributed by atoms with Crippen molar-refractivity contribution in [3.05, 3.63) is 50.7 Å². The van der Waals surface area contributed by atoms with Gasteiger partial charge < -0.3 is 10.5 Å². The Morgan fingerprint density at radius 2 is 2.00 bits per heavy atom. The highest BCUT2D eigenvalue weighted by molar-refractivity contribution is 9.10. The molecule has 7 heteroatoms. The van der Waals surface area contributed by atoms with Crippen molar-refractivity contribution in [2.75, 3.05) is 0 Å². The molecule has 0 aliphatic rings. The zero-order valence-corrected chi connectivity index (χ0v) is 13.3. The van der Waals surface area contributed by atoms with Crippen LogP contribution in [0.1, 0.15) is 5.69 Å². The van der Waals surface area contributed by atoms with Gasteiger partial charge in [0.2, 0.25) is 0 Å². The average Bonchev–Trinajstić information content (AvgIpc) is 2.36. The maximum Gasteiger partial charge on any atom is 0.147 e. The molecule has 0 amide bonds. The second-order valence-corrected chi connectivity index (χ2v) is 5.65. The standard InChI is InChI=1S/C12H7BrCl2N2OS/c13-7-4-9(15)11(5-8(7)14)18-6-1-2-17-10(3-6)12(16)19/h1-5H,(H2,16,19). The molecule has 1 aromatic carbocycles. The quantitative estimate of drug-likeness (QED) is 0.628. The Bertz CT molecular complexity index is 652. The van der Waals surface area contributed by atoms with Gasteiger partial charge in [-0.1, -0.05) is 35.4 Å². The summed E-state index contributed by atoms with van der Waals surface area (Å²) in [6.07, 6.45) is 1.55. The molecule has 2 N–H and O–H groups in total. The number of benzene rings is 1.